The summed E-state index contributed by atoms with van der Waals surface area (Å²) in [5.74, 6) is 6.01. The molecule has 1 saturated heterocycles. The van der Waals surface area contributed by atoms with Gasteiger partial charge in [0.15, 0.2) is 6.29 Å². The topological polar surface area (TPSA) is 111 Å². The average molecular weight is 609 g/mol. The highest BCUT2D eigenvalue weighted by Crippen LogP contribution is 2.32. The van der Waals surface area contributed by atoms with Gasteiger partial charge in [0.2, 0.25) is 0 Å². The lowest BCUT2D eigenvalue weighted by Gasteiger charge is -2.36. The van der Waals surface area contributed by atoms with Crippen LogP contribution in [0, 0.1) is 11.8 Å². The molecule has 1 fully saturated rings. The molecule has 234 valence electrons. The number of aromatic nitrogens is 1. The fraction of sp³-hybridized carbons (Fsp3) is 0.467. The number of nitrogens with zero attached hydrogens (tertiary/aromatic N) is 2. The second-order valence-electron chi connectivity index (χ2n) is 10.4. The van der Waals surface area contributed by atoms with Gasteiger partial charge in [-0.15, -0.1) is 0 Å². The number of anilines is 2. The van der Waals surface area contributed by atoms with Gasteiger partial charge in [-0.1, -0.05) is 18.1 Å². The zero-order valence-electron chi connectivity index (χ0n) is 23.9. The van der Waals surface area contributed by atoms with E-state index in [1.54, 1.807) is 30.3 Å². The predicted octanol–water partition coefficient (Wildman–Crippen LogP) is 3.49. The van der Waals surface area contributed by atoms with Gasteiger partial charge in [0.1, 0.15) is 18.5 Å². The Bertz CT molecular complexity index is 1440. The Hall–Kier alpha value is -3.54. The highest BCUT2D eigenvalue weighted by molar-refractivity contribution is 5.94. The molecule has 5 N–H and O–H groups in total. The Morgan fingerprint density at radius 2 is 1.88 bits per heavy atom. The first-order valence-electron chi connectivity index (χ1n) is 13.7. The number of nitrogens with one attached hydrogen (secondary N) is 2. The fourth-order valence-electron chi connectivity index (χ4n) is 5.19. The number of halogens is 4. The number of β-amino-alcohol motifs (C(OH)–C–C–N with tert-alkyl or cyclic N) is 1. The molecular weight excluding hydrogens is 572 g/mol. The molecule has 0 unspecified atom stereocenters. The molecule has 0 radical (unpaired) electrons. The molecule has 2 aromatic carbocycles. The van der Waals surface area contributed by atoms with Crippen LogP contribution in [0.4, 0.5) is 28.9 Å². The van der Waals surface area contributed by atoms with Gasteiger partial charge in [-0.05, 0) is 42.7 Å². The largest absolute Gasteiger partial charge is 0.495 e. The summed E-state index contributed by atoms with van der Waals surface area (Å²) >= 11 is 0. The third kappa shape index (κ3) is 8.52. The van der Waals surface area contributed by atoms with Crippen LogP contribution in [-0.4, -0.2) is 96.3 Å². The minimum atomic E-state index is -4.50. The lowest BCUT2D eigenvalue weighted by molar-refractivity contribution is -0.140. The number of methoxy groups -OCH3 is 2. The second-order valence-corrected chi connectivity index (χ2v) is 10.4. The van der Waals surface area contributed by atoms with E-state index in [4.69, 9.17) is 9.47 Å². The molecule has 43 heavy (non-hydrogen) atoms. The number of piperidine rings is 1. The standard InChI is InChI=1S/C30H36F4N4O5/c1-42-17-21(39)15-37-12-10-25(23(31)16-37)36-24-6-3-7-27-22(24)14-20(38(27)18-30(32,33)34)5-4-11-35-26-9-8-19(29(40)41)13-28(26)43-2/h3,6-9,13-14,21,23,25,29,35-36,39-41H,10-12,15-18H2,1-2H3/t21-,23-,25+/m1/s1. The summed E-state index contributed by atoms with van der Waals surface area (Å²) < 4.78 is 67.2. The summed E-state index contributed by atoms with van der Waals surface area (Å²) in [4.78, 5) is 1.83. The number of ether oxygens (including phenoxy) is 2. The monoisotopic (exact) mass is 608 g/mol. The minimum absolute atomic E-state index is 0.0667. The normalized spacial score (nSPS) is 18.4. The summed E-state index contributed by atoms with van der Waals surface area (Å²) in [5, 5.41) is 35.4. The van der Waals surface area contributed by atoms with Crippen LogP contribution in [-0.2, 0) is 11.3 Å². The third-order valence-corrected chi connectivity index (χ3v) is 7.19. The van der Waals surface area contributed by atoms with Gasteiger partial charge >= 0.3 is 6.18 Å². The van der Waals surface area contributed by atoms with E-state index in [2.05, 4.69) is 22.5 Å². The van der Waals surface area contributed by atoms with Crippen LogP contribution in [0.25, 0.3) is 10.9 Å². The Balaban J connectivity index is 1.53. The number of fused-ring (bicyclic) bond motifs is 1. The van der Waals surface area contributed by atoms with Crippen LogP contribution in [0.3, 0.4) is 0 Å². The fourth-order valence-corrected chi connectivity index (χ4v) is 5.19. The van der Waals surface area contributed by atoms with E-state index in [0.29, 0.717) is 41.0 Å². The number of hydrogen-bond donors (Lipinski definition) is 5. The van der Waals surface area contributed by atoms with Crippen LogP contribution in [0.1, 0.15) is 24.0 Å². The molecule has 0 saturated carbocycles. The van der Waals surface area contributed by atoms with Crippen molar-refractivity contribution in [2.24, 2.45) is 0 Å². The first-order valence-corrected chi connectivity index (χ1v) is 13.7. The van der Waals surface area contributed by atoms with Gasteiger partial charge in [-0.25, -0.2) is 4.39 Å². The van der Waals surface area contributed by atoms with E-state index in [-0.39, 0.29) is 37.5 Å². The molecule has 3 aromatic rings. The Labute approximate surface area is 247 Å². The number of alkyl halides is 4. The molecule has 0 bridgehead atoms. The summed E-state index contributed by atoms with van der Waals surface area (Å²) in [6, 6.07) is 10.4. The van der Waals surface area contributed by atoms with E-state index in [9.17, 15) is 28.5 Å². The molecule has 1 aromatic heterocycles. The van der Waals surface area contributed by atoms with Gasteiger partial charge in [0, 0.05) is 43.4 Å². The molecule has 3 atom stereocenters. The van der Waals surface area contributed by atoms with Crippen molar-refractivity contribution in [2.75, 3.05) is 57.6 Å². The smallest absolute Gasteiger partial charge is 0.406 e. The maximum absolute atomic E-state index is 15.2. The maximum atomic E-state index is 15.2. The Kier molecular flexibility index (Phi) is 10.8. The van der Waals surface area contributed by atoms with Crippen LogP contribution in [0.5, 0.6) is 5.75 Å². The van der Waals surface area contributed by atoms with E-state index in [1.165, 1.54) is 26.4 Å². The minimum Gasteiger partial charge on any atom is -0.495 e. The number of aliphatic hydroxyl groups is 3. The van der Waals surface area contributed by atoms with Crippen LogP contribution < -0.4 is 15.4 Å². The molecule has 0 aliphatic carbocycles. The SMILES string of the molecule is COC[C@H](O)CN1CC[C@H](Nc2cccc3c2cc(C#CCNc2ccc(C(O)O)cc2OC)n3CC(F)(F)F)[C@H](F)C1. The molecule has 4 rings (SSSR count). The summed E-state index contributed by atoms with van der Waals surface area (Å²) in [6.45, 7) is -0.0771. The van der Waals surface area contributed by atoms with Crippen molar-refractivity contribution in [2.45, 2.75) is 43.7 Å². The summed E-state index contributed by atoms with van der Waals surface area (Å²) in [5.41, 5.74) is 1.72. The highest BCUT2D eigenvalue weighted by Gasteiger charge is 2.32. The number of rotatable bonds is 11. The second kappa shape index (κ2) is 14.3. The van der Waals surface area contributed by atoms with Crippen molar-refractivity contribution < 1.29 is 42.4 Å². The van der Waals surface area contributed by atoms with Crippen molar-refractivity contribution in [3.63, 3.8) is 0 Å². The molecule has 13 heteroatoms. The van der Waals surface area contributed by atoms with Crippen molar-refractivity contribution in [3.8, 4) is 17.6 Å². The lowest BCUT2D eigenvalue weighted by atomic mass is 10.0. The van der Waals surface area contributed by atoms with E-state index < -0.39 is 37.3 Å². The Morgan fingerprint density at radius 1 is 1.09 bits per heavy atom. The number of benzene rings is 2. The summed E-state index contributed by atoms with van der Waals surface area (Å²) in [6.07, 6.45) is -7.70. The zero-order valence-corrected chi connectivity index (χ0v) is 23.9. The van der Waals surface area contributed by atoms with Crippen molar-refractivity contribution in [3.05, 3.63) is 53.7 Å². The first-order chi connectivity index (χ1) is 20.5. The lowest BCUT2D eigenvalue weighted by Crippen LogP contribution is -2.50. The van der Waals surface area contributed by atoms with Gasteiger partial charge < -0.3 is 40.0 Å². The average Bonchev–Trinajstić information content (AvgIpc) is 3.29. The van der Waals surface area contributed by atoms with Crippen molar-refractivity contribution in [1.82, 2.24) is 9.47 Å². The quantitative estimate of drug-likeness (QED) is 0.128. The van der Waals surface area contributed by atoms with E-state index in [0.717, 1.165) is 4.57 Å². The molecule has 0 spiro atoms. The summed E-state index contributed by atoms with van der Waals surface area (Å²) in [7, 11) is 2.90. The van der Waals surface area contributed by atoms with Gasteiger partial charge in [0.05, 0.1) is 49.3 Å². The molecule has 0 amide bonds. The number of likely N-dealkylation sites (tertiary alicyclic amines) is 1. The van der Waals surface area contributed by atoms with Crippen LogP contribution in [0.2, 0.25) is 0 Å². The third-order valence-electron chi connectivity index (χ3n) is 7.19. The number of aliphatic hydroxyl groups excluding tert-OH is 2. The van der Waals surface area contributed by atoms with Gasteiger partial charge in [-0.2, -0.15) is 13.2 Å². The predicted molar refractivity (Wildman–Crippen MR) is 155 cm³/mol. The van der Waals surface area contributed by atoms with Gasteiger partial charge in [0.25, 0.3) is 0 Å². The highest BCUT2D eigenvalue weighted by atomic mass is 19.4. The molecule has 2 heterocycles. The van der Waals surface area contributed by atoms with E-state index >= 15 is 4.39 Å². The van der Waals surface area contributed by atoms with Crippen molar-refractivity contribution >= 4 is 22.3 Å². The molecule has 1 aliphatic heterocycles. The molecular formula is C30H36F4N4O5. The molecule has 9 nitrogen and oxygen atoms in total. The first kappa shape index (κ1) is 32.4. The zero-order chi connectivity index (χ0) is 31.1. The van der Waals surface area contributed by atoms with Crippen LogP contribution in [0.15, 0.2) is 42.5 Å². The maximum Gasteiger partial charge on any atom is 0.406 e. The van der Waals surface area contributed by atoms with Crippen molar-refractivity contribution in [1.29, 1.82) is 0 Å². The number of hydrogen-bond acceptors (Lipinski definition) is 8. The van der Waals surface area contributed by atoms with Gasteiger partial charge in [-0.3, -0.25) is 4.90 Å². The molecule has 1 aliphatic rings. The van der Waals surface area contributed by atoms with E-state index in [1.807, 2.05) is 4.90 Å². The Morgan fingerprint density at radius 3 is 2.56 bits per heavy atom. The van der Waals surface area contributed by atoms with Crippen LogP contribution >= 0.6 is 0 Å².